The number of aliphatic hydroxyl groups excluding tert-OH is 1. The molecule has 0 aromatic heterocycles. The van der Waals surface area contributed by atoms with Gasteiger partial charge in [-0.25, -0.2) is 4.79 Å². The van der Waals surface area contributed by atoms with Gasteiger partial charge >= 0.3 is 6.03 Å². The van der Waals surface area contributed by atoms with E-state index in [1.54, 1.807) is 0 Å². The van der Waals surface area contributed by atoms with Crippen molar-refractivity contribution in [3.63, 3.8) is 0 Å². The van der Waals surface area contributed by atoms with Crippen LogP contribution in [0.3, 0.4) is 0 Å². The molecule has 1 aromatic rings. The molecule has 0 bridgehead atoms. The second-order valence-corrected chi connectivity index (χ2v) is 6.94. The van der Waals surface area contributed by atoms with Gasteiger partial charge in [-0.1, -0.05) is 30.3 Å². The van der Waals surface area contributed by atoms with Crippen molar-refractivity contribution in [1.29, 1.82) is 0 Å². The lowest BCUT2D eigenvalue weighted by Gasteiger charge is -2.29. The molecule has 4 unspecified atom stereocenters. The lowest BCUT2D eigenvalue weighted by Crippen LogP contribution is -2.49. The van der Waals surface area contributed by atoms with Crippen LogP contribution in [0.4, 0.5) is 4.79 Å². The van der Waals surface area contributed by atoms with E-state index >= 15 is 0 Å². The van der Waals surface area contributed by atoms with E-state index in [2.05, 4.69) is 5.32 Å². The maximum atomic E-state index is 12.6. The molecule has 3 rings (SSSR count). The van der Waals surface area contributed by atoms with E-state index in [4.69, 9.17) is 4.74 Å². The first-order valence-corrected chi connectivity index (χ1v) is 9.07. The summed E-state index contributed by atoms with van der Waals surface area (Å²) in [4.78, 5) is 14.5. The molecule has 2 aliphatic rings. The van der Waals surface area contributed by atoms with Crippen molar-refractivity contribution in [3.8, 4) is 0 Å². The predicted octanol–water partition coefficient (Wildman–Crippen LogP) is 2.85. The molecular formula is C19H28N2O3. The Balaban J connectivity index is 1.55. The molecule has 5 heteroatoms. The Hall–Kier alpha value is -1.59. The van der Waals surface area contributed by atoms with E-state index in [0.717, 1.165) is 44.4 Å². The topological polar surface area (TPSA) is 61.8 Å². The molecule has 5 nitrogen and oxygen atoms in total. The smallest absolute Gasteiger partial charge is 0.317 e. The average Bonchev–Trinajstić information content (AvgIpc) is 3.27. The summed E-state index contributed by atoms with van der Waals surface area (Å²) in [5.41, 5.74) is 0.914. The number of nitrogens with zero attached hydrogens (tertiary/aromatic N) is 1. The van der Waals surface area contributed by atoms with Gasteiger partial charge in [-0.2, -0.15) is 0 Å². The van der Waals surface area contributed by atoms with Crippen LogP contribution >= 0.6 is 0 Å². The third-order valence-corrected chi connectivity index (χ3v) is 5.19. The lowest BCUT2D eigenvalue weighted by molar-refractivity contribution is 0.0810. The third kappa shape index (κ3) is 4.08. The van der Waals surface area contributed by atoms with E-state index in [1.807, 2.05) is 42.2 Å². The Morgan fingerprint density at radius 2 is 2.12 bits per heavy atom. The van der Waals surface area contributed by atoms with Crippen LogP contribution < -0.4 is 5.32 Å². The second kappa shape index (κ2) is 7.99. The summed E-state index contributed by atoms with van der Waals surface area (Å²) in [6, 6.07) is 9.77. The van der Waals surface area contributed by atoms with Crippen molar-refractivity contribution >= 4 is 6.03 Å². The lowest BCUT2D eigenvalue weighted by atomic mass is 10.0. The number of carbonyl (C=O) groups excluding carboxylic acids is 1. The van der Waals surface area contributed by atoms with E-state index < -0.39 is 6.10 Å². The highest BCUT2D eigenvalue weighted by Gasteiger charge is 2.32. The van der Waals surface area contributed by atoms with Crippen LogP contribution in [0.5, 0.6) is 0 Å². The molecular weight excluding hydrogens is 304 g/mol. The van der Waals surface area contributed by atoms with Crippen molar-refractivity contribution < 1.29 is 14.6 Å². The number of benzene rings is 1. The summed E-state index contributed by atoms with van der Waals surface area (Å²) in [6.45, 7) is 3.56. The number of aliphatic hydroxyl groups is 1. The number of nitrogens with one attached hydrogen (secondary N) is 1. The minimum absolute atomic E-state index is 0.0271. The molecule has 1 aromatic carbocycles. The van der Waals surface area contributed by atoms with Crippen LogP contribution in [0.25, 0.3) is 0 Å². The first-order valence-electron chi connectivity index (χ1n) is 9.07. The zero-order chi connectivity index (χ0) is 16.9. The molecule has 24 heavy (non-hydrogen) atoms. The first kappa shape index (κ1) is 17.2. The predicted molar refractivity (Wildman–Crippen MR) is 92.7 cm³/mol. The van der Waals surface area contributed by atoms with E-state index in [-0.39, 0.29) is 24.2 Å². The van der Waals surface area contributed by atoms with Gasteiger partial charge in [0.15, 0.2) is 0 Å². The van der Waals surface area contributed by atoms with Gasteiger partial charge in [-0.3, -0.25) is 0 Å². The fourth-order valence-electron chi connectivity index (χ4n) is 3.78. The van der Waals surface area contributed by atoms with Gasteiger partial charge in [-0.15, -0.1) is 0 Å². The molecule has 2 saturated heterocycles. The fourth-order valence-corrected chi connectivity index (χ4v) is 3.78. The maximum absolute atomic E-state index is 12.6. The SMILES string of the molecule is CC(NC(=O)N1CCCC1CC(O)c1ccccc1)C1CCCO1. The van der Waals surface area contributed by atoms with Crippen LogP contribution in [0.1, 0.15) is 50.7 Å². The number of rotatable bonds is 5. The van der Waals surface area contributed by atoms with Gasteiger partial charge in [0.2, 0.25) is 0 Å². The molecule has 0 spiro atoms. The number of ether oxygens (including phenoxy) is 1. The fraction of sp³-hybridized carbons (Fsp3) is 0.632. The molecule has 2 amide bonds. The number of amides is 2. The van der Waals surface area contributed by atoms with Gasteiger partial charge in [0, 0.05) is 19.2 Å². The van der Waals surface area contributed by atoms with Crippen LogP contribution in [-0.2, 0) is 4.74 Å². The van der Waals surface area contributed by atoms with Gasteiger partial charge < -0.3 is 20.1 Å². The molecule has 0 saturated carbocycles. The molecule has 2 heterocycles. The highest BCUT2D eigenvalue weighted by Crippen LogP contribution is 2.27. The molecule has 0 radical (unpaired) electrons. The van der Waals surface area contributed by atoms with Crippen molar-refractivity contribution in [2.75, 3.05) is 13.2 Å². The molecule has 2 aliphatic heterocycles. The van der Waals surface area contributed by atoms with Crippen LogP contribution in [0, 0.1) is 0 Å². The van der Waals surface area contributed by atoms with Crippen molar-refractivity contribution in [1.82, 2.24) is 10.2 Å². The Kier molecular flexibility index (Phi) is 5.74. The highest BCUT2D eigenvalue weighted by molar-refractivity contribution is 5.75. The quantitative estimate of drug-likeness (QED) is 0.871. The van der Waals surface area contributed by atoms with E-state index in [9.17, 15) is 9.90 Å². The highest BCUT2D eigenvalue weighted by atomic mass is 16.5. The molecule has 2 N–H and O–H groups in total. The summed E-state index contributed by atoms with van der Waals surface area (Å²) >= 11 is 0. The Morgan fingerprint density at radius 3 is 2.83 bits per heavy atom. The van der Waals surface area contributed by atoms with Crippen molar-refractivity contribution in [2.24, 2.45) is 0 Å². The first-order chi connectivity index (χ1) is 11.6. The van der Waals surface area contributed by atoms with Crippen LogP contribution in [0.2, 0.25) is 0 Å². The van der Waals surface area contributed by atoms with Gasteiger partial charge in [-0.05, 0) is 44.6 Å². The Bertz CT molecular complexity index is 531. The number of hydrogen-bond donors (Lipinski definition) is 2. The van der Waals surface area contributed by atoms with Crippen LogP contribution in [0.15, 0.2) is 30.3 Å². The molecule has 4 atom stereocenters. The van der Waals surface area contributed by atoms with Gasteiger partial charge in [0.1, 0.15) is 0 Å². The summed E-state index contributed by atoms with van der Waals surface area (Å²) < 4.78 is 5.65. The number of likely N-dealkylation sites (tertiary alicyclic amines) is 1. The summed E-state index contributed by atoms with van der Waals surface area (Å²) in [7, 11) is 0. The minimum atomic E-state index is -0.528. The number of urea groups is 1. The number of carbonyl (C=O) groups is 1. The molecule has 0 aliphatic carbocycles. The minimum Gasteiger partial charge on any atom is -0.388 e. The van der Waals surface area contributed by atoms with Crippen LogP contribution in [-0.4, -0.2) is 47.4 Å². The maximum Gasteiger partial charge on any atom is 0.317 e. The van der Waals surface area contributed by atoms with E-state index in [0.29, 0.717) is 6.42 Å². The standard InChI is InChI=1S/C19H28N2O3/c1-14(18-10-6-12-24-18)20-19(23)21-11-5-9-16(21)13-17(22)15-7-3-2-4-8-15/h2-4,7-8,14,16-18,22H,5-6,9-13H2,1H3,(H,20,23). The monoisotopic (exact) mass is 332 g/mol. The van der Waals surface area contributed by atoms with Gasteiger partial charge in [0.05, 0.1) is 18.2 Å². The number of hydrogen-bond acceptors (Lipinski definition) is 3. The third-order valence-electron chi connectivity index (χ3n) is 5.19. The Labute approximate surface area is 144 Å². The summed E-state index contributed by atoms with van der Waals surface area (Å²) in [5, 5.41) is 13.5. The largest absolute Gasteiger partial charge is 0.388 e. The second-order valence-electron chi connectivity index (χ2n) is 6.94. The van der Waals surface area contributed by atoms with E-state index in [1.165, 1.54) is 0 Å². The van der Waals surface area contributed by atoms with Crippen molar-refractivity contribution in [2.45, 2.75) is 63.3 Å². The molecule has 132 valence electrons. The Morgan fingerprint density at radius 1 is 1.33 bits per heavy atom. The normalized spacial score (nSPS) is 26.3. The molecule has 2 fully saturated rings. The zero-order valence-corrected chi connectivity index (χ0v) is 14.4. The zero-order valence-electron chi connectivity index (χ0n) is 14.4. The average molecular weight is 332 g/mol. The van der Waals surface area contributed by atoms with Crippen molar-refractivity contribution in [3.05, 3.63) is 35.9 Å². The summed E-state index contributed by atoms with van der Waals surface area (Å²) in [6.07, 6.45) is 4.22. The van der Waals surface area contributed by atoms with Gasteiger partial charge in [0.25, 0.3) is 0 Å². The summed E-state index contributed by atoms with van der Waals surface area (Å²) in [5.74, 6) is 0.